The zero-order chi connectivity index (χ0) is 16.9. The molecule has 0 unspecified atom stereocenters. The van der Waals surface area contributed by atoms with E-state index in [4.69, 9.17) is 16.7 Å². The SMILES string of the molecule is O=C(O)C1CCN(Cc2cn(CCc3ccc(Cl)cc3)nn2)CC1. The van der Waals surface area contributed by atoms with Gasteiger partial charge in [0.25, 0.3) is 0 Å². The number of hydrogen-bond donors (Lipinski definition) is 1. The van der Waals surface area contributed by atoms with Crippen molar-refractivity contribution >= 4 is 17.6 Å². The lowest BCUT2D eigenvalue weighted by atomic mass is 9.97. The van der Waals surface area contributed by atoms with Crippen LogP contribution in [0.3, 0.4) is 0 Å². The van der Waals surface area contributed by atoms with Gasteiger partial charge in [-0.05, 0) is 50.0 Å². The van der Waals surface area contributed by atoms with Crippen molar-refractivity contribution in [2.24, 2.45) is 5.92 Å². The van der Waals surface area contributed by atoms with Gasteiger partial charge in [0.05, 0.1) is 11.6 Å². The summed E-state index contributed by atoms with van der Waals surface area (Å²) in [7, 11) is 0. The van der Waals surface area contributed by atoms with Crippen LogP contribution in [0, 0.1) is 5.92 Å². The van der Waals surface area contributed by atoms with Gasteiger partial charge in [-0.1, -0.05) is 28.9 Å². The van der Waals surface area contributed by atoms with E-state index >= 15 is 0 Å². The summed E-state index contributed by atoms with van der Waals surface area (Å²) < 4.78 is 1.86. The first-order valence-electron chi connectivity index (χ1n) is 8.19. The topological polar surface area (TPSA) is 71.2 Å². The van der Waals surface area contributed by atoms with E-state index in [0.29, 0.717) is 12.8 Å². The quantitative estimate of drug-likeness (QED) is 0.868. The summed E-state index contributed by atoms with van der Waals surface area (Å²) in [5, 5.41) is 18.2. The third-order valence-electron chi connectivity index (χ3n) is 4.45. The van der Waals surface area contributed by atoms with Gasteiger partial charge in [-0.3, -0.25) is 14.4 Å². The molecular formula is C17H21ClN4O2. The van der Waals surface area contributed by atoms with Crippen LogP contribution in [0.1, 0.15) is 24.1 Å². The highest BCUT2D eigenvalue weighted by Crippen LogP contribution is 2.18. The van der Waals surface area contributed by atoms with Gasteiger partial charge in [0.15, 0.2) is 0 Å². The standard InChI is InChI=1S/C17H21ClN4O2/c18-15-3-1-13(2-4-15)5-10-22-12-16(19-20-22)11-21-8-6-14(7-9-21)17(23)24/h1-4,12,14H,5-11H2,(H,23,24). The molecule has 0 aliphatic carbocycles. The van der Waals surface area contributed by atoms with E-state index in [1.165, 1.54) is 5.56 Å². The second-order valence-electron chi connectivity index (χ2n) is 6.24. The molecule has 24 heavy (non-hydrogen) atoms. The number of carboxylic acids is 1. The van der Waals surface area contributed by atoms with Crippen molar-refractivity contribution in [3.05, 3.63) is 46.7 Å². The van der Waals surface area contributed by atoms with Crippen LogP contribution >= 0.6 is 11.6 Å². The Bertz CT molecular complexity index is 678. The highest BCUT2D eigenvalue weighted by Gasteiger charge is 2.24. The minimum Gasteiger partial charge on any atom is -0.481 e. The summed E-state index contributed by atoms with van der Waals surface area (Å²) >= 11 is 5.89. The number of benzene rings is 1. The molecule has 1 saturated heterocycles. The van der Waals surface area contributed by atoms with Crippen LogP contribution in [0.25, 0.3) is 0 Å². The zero-order valence-electron chi connectivity index (χ0n) is 13.4. The van der Waals surface area contributed by atoms with Crippen LogP contribution < -0.4 is 0 Å². The van der Waals surface area contributed by atoms with Crippen LogP contribution in [0.4, 0.5) is 0 Å². The number of aliphatic carboxylic acids is 1. The monoisotopic (exact) mass is 348 g/mol. The molecule has 0 atom stereocenters. The fourth-order valence-corrected chi connectivity index (χ4v) is 3.11. The van der Waals surface area contributed by atoms with Crippen molar-refractivity contribution in [3.8, 4) is 0 Å². The zero-order valence-corrected chi connectivity index (χ0v) is 14.2. The molecule has 2 heterocycles. The number of halogens is 1. The average molecular weight is 349 g/mol. The number of nitrogens with zero attached hydrogens (tertiary/aromatic N) is 4. The predicted molar refractivity (Wildman–Crippen MR) is 90.8 cm³/mol. The molecule has 0 spiro atoms. The second-order valence-corrected chi connectivity index (χ2v) is 6.67. The fraction of sp³-hybridized carbons (Fsp3) is 0.471. The highest BCUT2D eigenvalue weighted by atomic mass is 35.5. The van der Waals surface area contributed by atoms with Gasteiger partial charge in [0, 0.05) is 24.3 Å². The van der Waals surface area contributed by atoms with Crippen LogP contribution in [0.2, 0.25) is 5.02 Å². The Morgan fingerprint density at radius 3 is 2.62 bits per heavy atom. The predicted octanol–water partition coefficient (Wildman–Crippen LogP) is 2.47. The molecule has 2 aromatic rings. The van der Waals surface area contributed by atoms with Crippen molar-refractivity contribution in [1.29, 1.82) is 0 Å². The molecule has 1 fully saturated rings. The van der Waals surface area contributed by atoms with Crippen LogP contribution in [-0.4, -0.2) is 44.1 Å². The second kappa shape index (κ2) is 7.77. The first-order chi connectivity index (χ1) is 11.6. The number of hydrogen-bond acceptors (Lipinski definition) is 4. The number of aryl methyl sites for hydroxylation is 2. The van der Waals surface area contributed by atoms with Gasteiger partial charge in [-0.2, -0.15) is 0 Å². The van der Waals surface area contributed by atoms with Gasteiger partial charge in [0.1, 0.15) is 0 Å². The maximum Gasteiger partial charge on any atom is 0.306 e. The van der Waals surface area contributed by atoms with E-state index in [1.807, 2.05) is 35.1 Å². The lowest BCUT2D eigenvalue weighted by molar-refractivity contribution is -0.143. The molecule has 0 radical (unpaired) electrons. The molecule has 1 aromatic carbocycles. The molecule has 1 aliphatic heterocycles. The van der Waals surface area contributed by atoms with E-state index in [9.17, 15) is 4.79 Å². The number of piperidine rings is 1. The number of carbonyl (C=O) groups is 1. The maximum absolute atomic E-state index is 11.0. The molecule has 1 aliphatic rings. The smallest absolute Gasteiger partial charge is 0.306 e. The molecule has 0 amide bonds. The van der Waals surface area contributed by atoms with E-state index < -0.39 is 5.97 Å². The van der Waals surface area contributed by atoms with Crippen LogP contribution in [-0.2, 0) is 24.3 Å². The largest absolute Gasteiger partial charge is 0.481 e. The first kappa shape index (κ1) is 16.9. The molecule has 3 rings (SSSR count). The van der Waals surface area contributed by atoms with Crippen molar-refractivity contribution in [2.45, 2.75) is 32.4 Å². The fourth-order valence-electron chi connectivity index (χ4n) is 2.98. The van der Waals surface area contributed by atoms with Gasteiger partial charge in [0.2, 0.25) is 0 Å². The van der Waals surface area contributed by atoms with Gasteiger partial charge < -0.3 is 5.11 Å². The number of carboxylic acid groups (broad SMARTS) is 1. The average Bonchev–Trinajstić information content (AvgIpc) is 3.02. The minimum atomic E-state index is -0.678. The molecule has 7 heteroatoms. The highest BCUT2D eigenvalue weighted by molar-refractivity contribution is 6.30. The van der Waals surface area contributed by atoms with E-state index in [-0.39, 0.29) is 5.92 Å². The summed E-state index contributed by atoms with van der Waals surface area (Å²) in [6.07, 6.45) is 4.27. The van der Waals surface area contributed by atoms with Gasteiger partial charge >= 0.3 is 5.97 Å². The Morgan fingerprint density at radius 2 is 1.96 bits per heavy atom. The van der Waals surface area contributed by atoms with Gasteiger partial charge in [-0.25, -0.2) is 0 Å². The molecule has 1 N–H and O–H groups in total. The molecule has 1 aromatic heterocycles. The van der Waals surface area contributed by atoms with Crippen molar-refractivity contribution in [3.63, 3.8) is 0 Å². The first-order valence-corrected chi connectivity index (χ1v) is 8.56. The molecular weight excluding hydrogens is 328 g/mol. The Morgan fingerprint density at radius 1 is 1.25 bits per heavy atom. The minimum absolute atomic E-state index is 0.198. The van der Waals surface area contributed by atoms with Crippen LogP contribution in [0.5, 0.6) is 0 Å². The number of likely N-dealkylation sites (tertiary alicyclic amines) is 1. The van der Waals surface area contributed by atoms with Crippen molar-refractivity contribution in [1.82, 2.24) is 19.9 Å². The lowest BCUT2D eigenvalue weighted by Gasteiger charge is -2.29. The molecule has 0 bridgehead atoms. The normalized spacial score (nSPS) is 16.4. The van der Waals surface area contributed by atoms with Crippen molar-refractivity contribution < 1.29 is 9.90 Å². The number of rotatable bonds is 6. The Labute approximate surface area is 146 Å². The summed E-state index contributed by atoms with van der Waals surface area (Å²) in [6.45, 7) is 3.10. The van der Waals surface area contributed by atoms with Crippen molar-refractivity contribution in [2.75, 3.05) is 13.1 Å². The summed E-state index contributed by atoms with van der Waals surface area (Å²) in [6, 6.07) is 7.83. The third kappa shape index (κ3) is 4.55. The Hall–Kier alpha value is -1.92. The lowest BCUT2D eigenvalue weighted by Crippen LogP contribution is -2.35. The van der Waals surface area contributed by atoms with E-state index in [0.717, 1.165) is 43.3 Å². The summed E-state index contributed by atoms with van der Waals surface area (Å²) in [5.74, 6) is -0.876. The number of aromatic nitrogens is 3. The Kier molecular flexibility index (Phi) is 5.48. The molecule has 128 valence electrons. The van der Waals surface area contributed by atoms with E-state index in [1.54, 1.807) is 0 Å². The summed E-state index contributed by atoms with van der Waals surface area (Å²) in [5.41, 5.74) is 2.15. The van der Waals surface area contributed by atoms with Crippen LogP contribution in [0.15, 0.2) is 30.5 Å². The summed E-state index contributed by atoms with van der Waals surface area (Å²) in [4.78, 5) is 13.2. The van der Waals surface area contributed by atoms with Gasteiger partial charge in [-0.15, -0.1) is 5.10 Å². The molecule has 6 nitrogen and oxygen atoms in total. The maximum atomic E-state index is 11.0. The third-order valence-corrected chi connectivity index (χ3v) is 4.70. The Balaban J connectivity index is 1.47. The van der Waals surface area contributed by atoms with E-state index in [2.05, 4.69) is 15.2 Å². The molecule has 0 saturated carbocycles.